The fourth-order valence-corrected chi connectivity index (χ4v) is 5.76. The van der Waals surface area contributed by atoms with E-state index in [1.165, 1.54) is 23.5 Å². The molecular formula is C17H17ClFN7O3S2. The summed E-state index contributed by atoms with van der Waals surface area (Å²) in [7, 11) is -4.01. The number of thiazole rings is 1. The maximum absolute atomic E-state index is 13.4. The van der Waals surface area contributed by atoms with E-state index >= 15 is 0 Å². The van der Waals surface area contributed by atoms with Gasteiger partial charge in [-0.05, 0) is 24.6 Å². The molecule has 1 aliphatic heterocycles. The number of aromatic nitrogens is 4. The van der Waals surface area contributed by atoms with E-state index in [0.29, 0.717) is 10.7 Å². The van der Waals surface area contributed by atoms with Gasteiger partial charge in [0.25, 0.3) is 10.2 Å². The van der Waals surface area contributed by atoms with Crippen LogP contribution in [0.3, 0.4) is 0 Å². The fourth-order valence-electron chi connectivity index (χ4n) is 3.25. The number of aromatic amines is 1. The van der Waals surface area contributed by atoms with E-state index in [1.807, 2.05) is 0 Å². The SMILES string of the molecule is O=C(Nc1ccc(F)c(Cl)c1)[C@@H]1C[C@H](c2nccs2)NS(=O)(=O)N1CCc1c[nH]nn1. The van der Waals surface area contributed by atoms with Gasteiger partial charge in [-0.15, -0.1) is 16.4 Å². The zero-order valence-electron chi connectivity index (χ0n) is 15.8. The lowest BCUT2D eigenvalue weighted by molar-refractivity contribution is -0.120. The normalized spacial score (nSPS) is 21.1. The molecule has 4 rings (SSSR count). The first-order chi connectivity index (χ1) is 14.8. The summed E-state index contributed by atoms with van der Waals surface area (Å²) >= 11 is 7.08. The minimum atomic E-state index is -4.01. The highest BCUT2D eigenvalue weighted by molar-refractivity contribution is 7.87. The molecule has 0 aliphatic carbocycles. The van der Waals surface area contributed by atoms with Crippen LogP contribution in [-0.4, -0.2) is 51.6 Å². The van der Waals surface area contributed by atoms with Gasteiger partial charge in [0.05, 0.1) is 16.8 Å². The molecule has 3 aromatic rings. The zero-order chi connectivity index (χ0) is 22.0. The highest BCUT2D eigenvalue weighted by Crippen LogP contribution is 2.31. The number of hydrogen-bond acceptors (Lipinski definition) is 7. The first-order valence-corrected chi connectivity index (χ1v) is 11.8. The lowest BCUT2D eigenvalue weighted by atomic mass is 10.1. The van der Waals surface area contributed by atoms with E-state index in [2.05, 4.69) is 30.4 Å². The summed E-state index contributed by atoms with van der Waals surface area (Å²) in [4.78, 5) is 17.3. The maximum atomic E-state index is 13.4. The molecule has 1 fully saturated rings. The third-order valence-corrected chi connectivity index (χ3v) is 7.52. The van der Waals surface area contributed by atoms with Gasteiger partial charge < -0.3 is 5.32 Å². The number of H-pyrrole nitrogens is 1. The zero-order valence-corrected chi connectivity index (χ0v) is 18.2. The number of nitrogens with zero attached hydrogens (tertiary/aromatic N) is 4. The molecular weight excluding hydrogens is 469 g/mol. The Morgan fingerprint density at radius 1 is 1.42 bits per heavy atom. The third-order valence-electron chi connectivity index (χ3n) is 4.70. The van der Waals surface area contributed by atoms with Crippen molar-refractivity contribution in [1.82, 2.24) is 29.4 Å². The Morgan fingerprint density at radius 3 is 2.94 bits per heavy atom. The van der Waals surface area contributed by atoms with Gasteiger partial charge in [-0.3, -0.25) is 9.89 Å². The van der Waals surface area contributed by atoms with Crippen LogP contribution in [0.1, 0.15) is 23.2 Å². The lowest BCUT2D eigenvalue weighted by Crippen LogP contribution is -2.58. The number of anilines is 1. The van der Waals surface area contributed by atoms with E-state index < -0.39 is 34.0 Å². The molecule has 0 spiro atoms. The third kappa shape index (κ3) is 4.91. The molecule has 14 heteroatoms. The van der Waals surface area contributed by atoms with Crippen LogP contribution in [0.15, 0.2) is 36.0 Å². The summed E-state index contributed by atoms with van der Waals surface area (Å²) in [6, 6.07) is 2.06. The number of carbonyl (C=O) groups excluding carboxylic acids is 1. The van der Waals surface area contributed by atoms with Gasteiger partial charge in [-0.2, -0.15) is 17.4 Å². The Morgan fingerprint density at radius 2 is 2.26 bits per heavy atom. The number of benzene rings is 1. The molecule has 0 saturated carbocycles. The molecule has 3 N–H and O–H groups in total. The average Bonchev–Trinajstić information content (AvgIpc) is 3.42. The van der Waals surface area contributed by atoms with Crippen molar-refractivity contribution in [2.45, 2.75) is 24.9 Å². The average molecular weight is 486 g/mol. The topological polar surface area (TPSA) is 133 Å². The monoisotopic (exact) mass is 485 g/mol. The van der Waals surface area contributed by atoms with Crippen LogP contribution in [0.2, 0.25) is 5.02 Å². The molecule has 1 aromatic carbocycles. The first kappa shape index (κ1) is 21.8. The van der Waals surface area contributed by atoms with E-state index in [1.54, 1.807) is 17.8 Å². The summed E-state index contributed by atoms with van der Waals surface area (Å²) in [6.07, 6.45) is 3.54. The number of nitrogens with one attached hydrogen (secondary N) is 3. The van der Waals surface area contributed by atoms with Gasteiger partial charge in [0.2, 0.25) is 5.91 Å². The van der Waals surface area contributed by atoms with Gasteiger partial charge in [0, 0.05) is 36.4 Å². The Labute approximate surface area is 186 Å². The van der Waals surface area contributed by atoms with Gasteiger partial charge in [0.1, 0.15) is 16.9 Å². The first-order valence-electron chi connectivity index (χ1n) is 9.13. The Balaban J connectivity index is 1.60. The van der Waals surface area contributed by atoms with Crippen molar-refractivity contribution < 1.29 is 17.6 Å². The quantitative estimate of drug-likeness (QED) is 0.488. The van der Waals surface area contributed by atoms with Crippen LogP contribution >= 0.6 is 22.9 Å². The van der Waals surface area contributed by atoms with Crippen LogP contribution < -0.4 is 10.0 Å². The summed E-state index contributed by atoms with van der Waals surface area (Å²) in [6.45, 7) is 0.00865. The summed E-state index contributed by atoms with van der Waals surface area (Å²) < 4.78 is 43.1. The van der Waals surface area contributed by atoms with Gasteiger partial charge in [-0.25, -0.2) is 9.37 Å². The molecule has 0 unspecified atom stereocenters. The van der Waals surface area contributed by atoms with Crippen LogP contribution in [-0.2, 0) is 21.4 Å². The molecule has 164 valence electrons. The van der Waals surface area contributed by atoms with Crippen molar-refractivity contribution in [2.75, 3.05) is 11.9 Å². The predicted molar refractivity (Wildman–Crippen MR) is 112 cm³/mol. The summed E-state index contributed by atoms with van der Waals surface area (Å²) in [5.74, 6) is -1.18. The summed E-state index contributed by atoms with van der Waals surface area (Å²) in [5.41, 5.74) is 0.816. The highest BCUT2D eigenvalue weighted by Gasteiger charge is 2.43. The van der Waals surface area contributed by atoms with E-state index in [9.17, 15) is 17.6 Å². The smallest absolute Gasteiger partial charge is 0.280 e. The van der Waals surface area contributed by atoms with Crippen molar-refractivity contribution >= 4 is 44.7 Å². The largest absolute Gasteiger partial charge is 0.325 e. The second-order valence-corrected chi connectivity index (χ2v) is 9.73. The van der Waals surface area contributed by atoms with Gasteiger partial charge >= 0.3 is 0 Å². The Bertz CT molecular complexity index is 1160. The van der Waals surface area contributed by atoms with Crippen molar-refractivity contribution in [3.63, 3.8) is 0 Å². The molecule has 2 atom stereocenters. The molecule has 2 aromatic heterocycles. The van der Waals surface area contributed by atoms with Gasteiger partial charge in [0.15, 0.2) is 0 Å². The highest BCUT2D eigenvalue weighted by atomic mass is 35.5. The number of rotatable bonds is 6. The number of hydrogen-bond donors (Lipinski definition) is 3. The molecule has 0 bridgehead atoms. The van der Waals surface area contributed by atoms with Crippen molar-refractivity contribution in [3.05, 3.63) is 57.5 Å². The predicted octanol–water partition coefficient (Wildman–Crippen LogP) is 1.88. The van der Waals surface area contributed by atoms with Crippen LogP contribution in [0, 0.1) is 5.82 Å². The molecule has 1 amide bonds. The fraction of sp³-hybridized carbons (Fsp3) is 0.294. The molecule has 0 radical (unpaired) electrons. The minimum Gasteiger partial charge on any atom is -0.325 e. The number of amides is 1. The molecule has 3 heterocycles. The number of halogens is 2. The van der Waals surface area contributed by atoms with Crippen molar-refractivity contribution in [1.29, 1.82) is 0 Å². The second-order valence-electron chi connectivity index (χ2n) is 6.74. The maximum Gasteiger partial charge on any atom is 0.280 e. The molecule has 10 nitrogen and oxygen atoms in total. The molecule has 1 saturated heterocycles. The Kier molecular flexibility index (Phi) is 6.29. The van der Waals surface area contributed by atoms with Crippen LogP contribution in [0.4, 0.5) is 10.1 Å². The second kappa shape index (κ2) is 8.96. The lowest BCUT2D eigenvalue weighted by Gasteiger charge is -2.37. The van der Waals surface area contributed by atoms with E-state index in [0.717, 1.165) is 10.4 Å². The van der Waals surface area contributed by atoms with Crippen LogP contribution in [0.5, 0.6) is 0 Å². The summed E-state index contributed by atoms with van der Waals surface area (Å²) in [5, 5.41) is 14.8. The van der Waals surface area contributed by atoms with E-state index in [-0.39, 0.29) is 30.1 Å². The standard InChI is InChI=1S/C17H17ClFN7O3S2/c18-12-7-10(1-2-13(12)19)22-16(27)15-8-14(17-20-4-6-30-17)24-31(28,29)26(15)5-3-11-9-21-25-23-11/h1-2,4,6-7,9,14-15,24H,3,5,8H2,(H,22,27)(H,21,23,25)/t14-,15+/m1/s1. The Hall–Kier alpha value is -2.45. The van der Waals surface area contributed by atoms with E-state index in [4.69, 9.17) is 11.6 Å². The van der Waals surface area contributed by atoms with Crippen molar-refractivity contribution in [3.8, 4) is 0 Å². The molecule has 31 heavy (non-hydrogen) atoms. The van der Waals surface area contributed by atoms with Gasteiger partial charge in [-0.1, -0.05) is 16.8 Å². The van der Waals surface area contributed by atoms with Crippen LogP contribution in [0.25, 0.3) is 0 Å². The molecule has 1 aliphatic rings. The minimum absolute atomic E-state index is 0.00865. The number of carbonyl (C=O) groups is 1. The van der Waals surface area contributed by atoms with Crippen molar-refractivity contribution in [2.24, 2.45) is 0 Å².